The fourth-order valence-electron chi connectivity index (χ4n) is 4.14. The van der Waals surface area contributed by atoms with Crippen molar-refractivity contribution in [3.63, 3.8) is 0 Å². The van der Waals surface area contributed by atoms with Gasteiger partial charge in [-0.3, -0.25) is 4.99 Å². The molecule has 2 aliphatic rings. The van der Waals surface area contributed by atoms with E-state index in [9.17, 15) is 0 Å². The van der Waals surface area contributed by atoms with Crippen molar-refractivity contribution in [2.24, 2.45) is 10.9 Å². The van der Waals surface area contributed by atoms with Crippen molar-refractivity contribution in [1.82, 2.24) is 0 Å². The monoisotopic (exact) mass is 340 g/mol. The van der Waals surface area contributed by atoms with E-state index < -0.39 is 0 Å². The molecule has 3 aromatic rings. The average Bonchev–Trinajstić information content (AvgIpc) is 3.38. The molecule has 2 aromatic carbocycles. The molecule has 0 amide bonds. The lowest BCUT2D eigenvalue weighted by Crippen LogP contribution is -2.28. The third kappa shape index (κ3) is 2.66. The lowest BCUT2D eigenvalue weighted by molar-refractivity contribution is 0.425. The van der Waals surface area contributed by atoms with E-state index >= 15 is 0 Å². The van der Waals surface area contributed by atoms with Gasteiger partial charge in [-0.2, -0.15) is 0 Å². The van der Waals surface area contributed by atoms with Crippen molar-refractivity contribution in [3.8, 4) is 0 Å². The predicted molar refractivity (Wildman–Crippen MR) is 105 cm³/mol. The van der Waals surface area contributed by atoms with Gasteiger partial charge in [-0.25, -0.2) is 0 Å². The van der Waals surface area contributed by atoms with Crippen molar-refractivity contribution in [1.29, 1.82) is 0 Å². The molecule has 1 aliphatic carbocycles. The van der Waals surface area contributed by atoms with Gasteiger partial charge in [0.15, 0.2) is 0 Å². The highest BCUT2D eigenvalue weighted by molar-refractivity contribution is 5.78. The van der Waals surface area contributed by atoms with E-state index in [4.69, 9.17) is 4.42 Å². The molecule has 0 saturated heterocycles. The Morgan fingerprint density at radius 1 is 1.00 bits per heavy atom. The molecule has 0 spiro atoms. The normalized spacial score (nSPS) is 23.6. The molecule has 0 unspecified atom stereocenters. The summed E-state index contributed by atoms with van der Waals surface area (Å²) in [4.78, 5) is 4.49. The number of nitrogens with one attached hydrogen (secondary N) is 1. The topological polar surface area (TPSA) is 37.5 Å². The van der Waals surface area contributed by atoms with E-state index in [0.717, 1.165) is 17.9 Å². The van der Waals surface area contributed by atoms with Gasteiger partial charge in [-0.1, -0.05) is 42.5 Å². The maximum atomic E-state index is 5.29. The van der Waals surface area contributed by atoms with Crippen LogP contribution in [-0.2, 0) is 0 Å². The van der Waals surface area contributed by atoms with Crippen LogP contribution >= 0.6 is 0 Å². The number of aliphatic imine (C=N–C) groups is 1. The first-order valence-electron chi connectivity index (χ1n) is 9.08. The van der Waals surface area contributed by atoms with Crippen LogP contribution in [0.1, 0.15) is 35.3 Å². The molecule has 0 fully saturated rings. The van der Waals surface area contributed by atoms with Crippen molar-refractivity contribution in [2.45, 2.75) is 18.4 Å². The van der Waals surface area contributed by atoms with Gasteiger partial charge in [-0.15, -0.1) is 0 Å². The maximum Gasteiger partial charge on any atom is 0.144 e. The number of allylic oxidation sites excluding steroid dienone is 2. The summed E-state index contributed by atoms with van der Waals surface area (Å²) < 4.78 is 5.29. The van der Waals surface area contributed by atoms with Crippen LogP contribution in [0.4, 0.5) is 11.4 Å². The zero-order valence-electron chi connectivity index (χ0n) is 14.4. The first-order chi connectivity index (χ1) is 12.9. The van der Waals surface area contributed by atoms with Gasteiger partial charge in [0.2, 0.25) is 0 Å². The number of furan rings is 1. The molecular formula is C23H20N2O. The minimum absolute atomic E-state index is 0.327. The summed E-state index contributed by atoms with van der Waals surface area (Å²) in [6.07, 6.45) is 9.23. The Morgan fingerprint density at radius 3 is 2.73 bits per heavy atom. The molecule has 3 nitrogen and oxygen atoms in total. The number of nitrogens with zero attached hydrogens (tertiary/aromatic N) is 1. The minimum atomic E-state index is 0.327. The summed E-state index contributed by atoms with van der Waals surface area (Å²) in [6.45, 7) is 0. The molecule has 3 heteroatoms. The number of hydrogen-bond donors (Lipinski definition) is 1. The van der Waals surface area contributed by atoms with Crippen molar-refractivity contribution >= 4 is 17.6 Å². The van der Waals surface area contributed by atoms with E-state index in [2.05, 4.69) is 71.0 Å². The van der Waals surface area contributed by atoms with E-state index in [0.29, 0.717) is 17.9 Å². The first-order valence-corrected chi connectivity index (χ1v) is 9.08. The highest BCUT2D eigenvalue weighted by atomic mass is 16.3. The number of benzene rings is 2. The third-order valence-corrected chi connectivity index (χ3v) is 5.41. The Hall–Kier alpha value is -3.07. The molecule has 0 bridgehead atoms. The van der Waals surface area contributed by atoms with Gasteiger partial charge in [0.1, 0.15) is 5.76 Å². The summed E-state index contributed by atoms with van der Waals surface area (Å²) in [5.41, 5.74) is 4.92. The molecule has 0 saturated carbocycles. The number of rotatable bonds is 3. The zero-order chi connectivity index (χ0) is 17.3. The lowest BCUT2D eigenvalue weighted by atomic mass is 9.77. The number of anilines is 1. The van der Waals surface area contributed by atoms with Crippen LogP contribution < -0.4 is 5.32 Å². The molecule has 2 heterocycles. The molecular weight excluding hydrogens is 320 g/mol. The summed E-state index contributed by atoms with van der Waals surface area (Å²) in [6, 6.07) is 21.3. The van der Waals surface area contributed by atoms with Crippen molar-refractivity contribution in [3.05, 3.63) is 96.0 Å². The fourth-order valence-corrected chi connectivity index (χ4v) is 4.14. The summed E-state index contributed by atoms with van der Waals surface area (Å²) in [5, 5.41) is 3.77. The third-order valence-electron chi connectivity index (χ3n) is 5.41. The Kier molecular flexibility index (Phi) is 3.71. The quantitative estimate of drug-likeness (QED) is 0.479. The molecule has 1 aliphatic heterocycles. The summed E-state index contributed by atoms with van der Waals surface area (Å²) in [7, 11) is 0. The first kappa shape index (κ1) is 15.2. The Balaban J connectivity index is 1.41. The fraction of sp³-hybridized carbons (Fsp3) is 0.174. The van der Waals surface area contributed by atoms with Crippen LogP contribution in [0.5, 0.6) is 0 Å². The Bertz CT molecular complexity index is 954. The van der Waals surface area contributed by atoms with Gasteiger partial charge < -0.3 is 9.73 Å². The van der Waals surface area contributed by atoms with Gasteiger partial charge in [0, 0.05) is 11.6 Å². The molecule has 0 radical (unpaired) electrons. The second kappa shape index (κ2) is 6.34. The maximum absolute atomic E-state index is 5.29. The predicted octanol–water partition coefficient (Wildman–Crippen LogP) is 5.86. The van der Waals surface area contributed by atoms with Crippen LogP contribution in [0.25, 0.3) is 0 Å². The molecule has 26 heavy (non-hydrogen) atoms. The van der Waals surface area contributed by atoms with Crippen LogP contribution in [0.3, 0.4) is 0 Å². The Labute approximate surface area is 153 Å². The standard InChI is InChI=1S/C23H20N2O/c1-2-9-22-20(6-1)19-7-3-8-21(19)23(25-22)16-10-12-17(13-11-16)24-15-18-5-4-14-26-18/h1-7,9-15,19,21,23,25H,8H2/t19-,21-,23-/m1/s1. The largest absolute Gasteiger partial charge is 0.463 e. The summed E-state index contributed by atoms with van der Waals surface area (Å²) >= 11 is 0. The van der Waals surface area contributed by atoms with Crippen molar-refractivity contribution in [2.75, 3.05) is 5.32 Å². The molecule has 1 N–H and O–H groups in total. The minimum Gasteiger partial charge on any atom is -0.463 e. The van der Waals surface area contributed by atoms with E-state index in [1.165, 1.54) is 16.8 Å². The van der Waals surface area contributed by atoms with Crippen LogP contribution in [-0.4, -0.2) is 6.21 Å². The van der Waals surface area contributed by atoms with E-state index in [-0.39, 0.29) is 0 Å². The number of para-hydroxylation sites is 1. The smallest absolute Gasteiger partial charge is 0.144 e. The number of fused-ring (bicyclic) bond motifs is 3. The van der Waals surface area contributed by atoms with E-state index in [1.807, 2.05) is 12.1 Å². The van der Waals surface area contributed by atoms with Crippen LogP contribution in [0.2, 0.25) is 0 Å². The molecule has 128 valence electrons. The van der Waals surface area contributed by atoms with Gasteiger partial charge in [-0.05, 0) is 53.8 Å². The molecule has 1 aromatic heterocycles. The highest BCUT2D eigenvalue weighted by Gasteiger charge is 2.37. The van der Waals surface area contributed by atoms with Gasteiger partial charge >= 0.3 is 0 Å². The highest BCUT2D eigenvalue weighted by Crippen LogP contribution is 2.49. The second-order valence-electron chi connectivity index (χ2n) is 6.93. The number of hydrogen-bond acceptors (Lipinski definition) is 3. The lowest BCUT2D eigenvalue weighted by Gasteiger charge is -2.37. The zero-order valence-corrected chi connectivity index (χ0v) is 14.4. The van der Waals surface area contributed by atoms with Gasteiger partial charge in [0.05, 0.1) is 24.2 Å². The second-order valence-corrected chi connectivity index (χ2v) is 6.93. The van der Waals surface area contributed by atoms with E-state index in [1.54, 1.807) is 12.5 Å². The Morgan fingerprint density at radius 2 is 1.88 bits per heavy atom. The molecule has 3 atom stereocenters. The SMILES string of the molecule is C1=C[C@@H]2c3ccccc3N[C@H](c3ccc(N=Cc4ccco4)cc3)[C@@H]2C1. The average molecular weight is 340 g/mol. The molecule has 5 rings (SSSR count). The van der Waals surface area contributed by atoms with Gasteiger partial charge in [0.25, 0.3) is 0 Å². The van der Waals surface area contributed by atoms with Crippen molar-refractivity contribution < 1.29 is 4.42 Å². The summed E-state index contributed by atoms with van der Waals surface area (Å²) in [5.74, 6) is 1.84. The van der Waals surface area contributed by atoms with Crippen LogP contribution in [0.15, 0.2) is 88.5 Å². The van der Waals surface area contributed by atoms with Crippen LogP contribution in [0, 0.1) is 5.92 Å².